The van der Waals surface area contributed by atoms with Crippen molar-refractivity contribution in [3.8, 4) is 6.07 Å². The summed E-state index contributed by atoms with van der Waals surface area (Å²) in [4.78, 5) is 7.78. The van der Waals surface area contributed by atoms with Crippen LogP contribution in [-0.2, 0) is 4.74 Å². The fraction of sp³-hybridized carbons (Fsp3) is 0.455. The minimum absolute atomic E-state index is 0.0131. The minimum Gasteiger partial charge on any atom is -0.394 e. The number of nitriles is 1. The Morgan fingerprint density at radius 3 is 2.76 bits per heavy atom. The molecule has 0 radical (unpaired) electrons. The zero-order valence-corrected chi connectivity index (χ0v) is 10.7. The van der Waals surface area contributed by atoms with Gasteiger partial charge >= 0.3 is 0 Å². The summed E-state index contributed by atoms with van der Waals surface area (Å²) in [6.07, 6.45) is -3.44. The van der Waals surface area contributed by atoms with Gasteiger partial charge in [-0.1, -0.05) is 0 Å². The summed E-state index contributed by atoms with van der Waals surface area (Å²) in [6.45, 7) is -0.462. The molecule has 2 aromatic rings. The highest BCUT2D eigenvalue weighted by Crippen LogP contribution is 2.32. The number of aliphatic hydroxyl groups excluding tert-OH is 3. The van der Waals surface area contributed by atoms with Crippen LogP contribution in [0.15, 0.2) is 6.33 Å². The van der Waals surface area contributed by atoms with Gasteiger partial charge in [-0.3, -0.25) is 0 Å². The van der Waals surface area contributed by atoms with Gasteiger partial charge in [-0.2, -0.15) is 10.4 Å². The molecule has 2 aromatic heterocycles. The molecule has 0 unspecified atom stereocenters. The first-order chi connectivity index (χ1) is 10.1. The van der Waals surface area contributed by atoms with Crippen molar-refractivity contribution in [2.24, 2.45) is 0 Å². The Bertz CT molecular complexity index is 725. The molecule has 0 bridgehead atoms. The molecule has 0 amide bonds. The third kappa shape index (κ3) is 1.91. The minimum atomic E-state index is -1.33. The van der Waals surface area contributed by atoms with Gasteiger partial charge in [-0.15, -0.1) is 0 Å². The van der Waals surface area contributed by atoms with Crippen molar-refractivity contribution in [3.63, 3.8) is 0 Å². The molecule has 0 saturated carbocycles. The van der Waals surface area contributed by atoms with Gasteiger partial charge in [0.1, 0.15) is 36.5 Å². The van der Waals surface area contributed by atoms with E-state index in [1.807, 2.05) is 6.07 Å². The third-order valence-electron chi connectivity index (χ3n) is 3.38. The summed E-state index contributed by atoms with van der Waals surface area (Å²) in [5, 5.41) is 42.3. The van der Waals surface area contributed by atoms with E-state index in [1.54, 1.807) is 0 Å². The van der Waals surface area contributed by atoms with Gasteiger partial charge in [-0.05, 0) is 0 Å². The topological polar surface area (TPSA) is 163 Å². The van der Waals surface area contributed by atoms with Gasteiger partial charge < -0.3 is 25.8 Å². The Morgan fingerprint density at radius 1 is 1.38 bits per heavy atom. The van der Waals surface area contributed by atoms with E-state index in [2.05, 4.69) is 15.1 Å². The van der Waals surface area contributed by atoms with Crippen LogP contribution in [-0.4, -0.2) is 60.0 Å². The second-order valence-corrected chi connectivity index (χ2v) is 4.59. The van der Waals surface area contributed by atoms with Crippen molar-refractivity contribution < 1.29 is 20.1 Å². The van der Waals surface area contributed by atoms with E-state index in [0.29, 0.717) is 0 Å². The van der Waals surface area contributed by atoms with Gasteiger partial charge in [0.15, 0.2) is 17.6 Å². The molecule has 21 heavy (non-hydrogen) atoms. The predicted molar refractivity (Wildman–Crippen MR) is 67.5 cm³/mol. The number of hydrogen-bond donors (Lipinski definition) is 4. The monoisotopic (exact) mass is 292 g/mol. The summed E-state index contributed by atoms with van der Waals surface area (Å²) in [7, 11) is 0. The van der Waals surface area contributed by atoms with Crippen molar-refractivity contribution >= 4 is 16.9 Å². The second kappa shape index (κ2) is 4.90. The smallest absolute Gasteiger partial charge is 0.181 e. The van der Waals surface area contributed by atoms with Crippen LogP contribution in [0.3, 0.4) is 0 Å². The van der Waals surface area contributed by atoms with E-state index in [4.69, 9.17) is 20.8 Å². The molecule has 0 aliphatic carbocycles. The quantitative estimate of drug-likeness (QED) is 0.485. The SMILES string of the molecule is N#Cc1nn([C@@H]2O[C@H](CO)[C@@H](O)[C@H]2O)c2ncnc(N)c12. The summed E-state index contributed by atoms with van der Waals surface area (Å²) in [6, 6.07) is 1.86. The fourth-order valence-corrected chi connectivity index (χ4v) is 2.33. The molecule has 4 atom stereocenters. The molecule has 1 fully saturated rings. The largest absolute Gasteiger partial charge is 0.394 e. The average Bonchev–Trinajstić information content (AvgIpc) is 2.99. The molecule has 0 aromatic carbocycles. The lowest BCUT2D eigenvalue weighted by Gasteiger charge is -2.15. The molecule has 5 N–H and O–H groups in total. The number of ether oxygens (including phenoxy) is 1. The number of anilines is 1. The Labute approximate surface area is 118 Å². The van der Waals surface area contributed by atoms with Crippen molar-refractivity contribution in [2.75, 3.05) is 12.3 Å². The van der Waals surface area contributed by atoms with E-state index in [-0.39, 0.29) is 22.5 Å². The molecule has 1 aliphatic heterocycles. The maximum absolute atomic E-state index is 10.0. The molecular weight excluding hydrogens is 280 g/mol. The van der Waals surface area contributed by atoms with Crippen molar-refractivity contribution in [3.05, 3.63) is 12.0 Å². The van der Waals surface area contributed by atoms with Crippen LogP contribution in [0.2, 0.25) is 0 Å². The highest BCUT2D eigenvalue weighted by molar-refractivity contribution is 5.90. The van der Waals surface area contributed by atoms with Crippen molar-refractivity contribution in [1.29, 1.82) is 5.26 Å². The van der Waals surface area contributed by atoms with E-state index < -0.39 is 31.1 Å². The first-order valence-electron chi connectivity index (χ1n) is 6.09. The zero-order valence-electron chi connectivity index (χ0n) is 10.7. The Kier molecular flexibility index (Phi) is 3.19. The molecule has 10 nitrogen and oxygen atoms in total. The van der Waals surface area contributed by atoms with E-state index >= 15 is 0 Å². The lowest BCUT2D eigenvalue weighted by molar-refractivity contribution is -0.0567. The van der Waals surface area contributed by atoms with Crippen LogP contribution in [0.5, 0.6) is 0 Å². The third-order valence-corrected chi connectivity index (χ3v) is 3.38. The summed E-state index contributed by atoms with van der Waals surface area (Å²) in [5.41, 5.74) is 5.90. The molecule has 3 heterocycles. The predicted octanol–water partition coefficient (Wildman–Crippen LogP) is -2.11. The molecule has 0 spiro atoms. The number of nitrogens with zero attached hydrogens (tertiary/aromatic N) is 5. The summed E-state index contributed by atoms with van der Waals surface area (Å²) < 4.78 is 6.53. The number of nitrogens with two attached hydrogens (primary N) is 1. The van der Waals surface area contributed by atoms with Gasteiger partial charge in [0.05, 0.1) is 12.0 Å². The first kappa shape index (κ1) is 13.7. The number of rotatable bonds is 2. The van der Waals surface area contributed by atoms with Crippen LogP contribution in [0, 0.1) is 11.3 Å². The lowest BCUT2D eigenvalue weighted by Crippen LogP contribution is -2.33. The maximum Gasteiger partial charge on any atom is 0.181 e. The summed E-state index contributed by atoms with van der Waals surface area (Å²) >= 11 is 0. The molecule has 110 valence electrons. The molecule has 1 aliphatic rings. The Balaban J connectivity index is 2.14. The lowest BCUT2D eigenvalue weighted by atomic mass is 10.1. The Morgan fingerprint density at radius 2 is 2.14 bits per heavy atom. The van der Waals surface area contributed by atoms with Gasteiger partial charge in [0.2, 0.25) is 0 Å². The zero-order chi connectivity index (χ0) is 15.1. The van der Waals surface area contributed by atoms with Gasteiger partial charge in [-0.25, -0.2) is 14.6 Å². The number of aliphatic hydroxyl groups is 3. The van der Waals surface area contributed by atoms with Crippen molar-refractivity contribution in [1.82, 2.24) is 19.7 Å². The molecule has 3 rings (SSSR count). The number of hydrogen-bond acceptors (Lipinski definition) is 9. The molecule has 1 saturated heterocycles. The first-order valence-corrected chi connectivity index (χ1v) is 6.09. The Hall–Kier alpha value is -2.32. The summed E-state index contributed by atoms with van der Waals surface area (Å²) in [5.74, 6) is 0.0783. The van der Waals surface area contributed by atoms with Crippen LogP contribution in [0.1, 0.15) is 11.9 Å². The highest BCUT2D eigenvalue weighted by atomic mass is 16.6. The maximum atomic E-state index is 10.0. The normalized spacial score (nSPS) is 28.9. The number of nitrogen functional groups attached to an aromatic ring is 1. The fourth-order valence-electron chi connectivity index (χ4n) is 2.33. The second-order valence-electron chi connectivity index (χ2n) is 4.59. The van der Waals surface area contributed by atoms with Crippen LogP contribution >= 0.6 is 0 Å². The standard InChI is InChI=1S/C11H12N6O4/c12-1-4-6-9(13)14-3-15-10(6)17(16-4)11-8(20)7(19)5(2-18)21-11/h3,5,7-8,11,18-20H,2H2,(H2,13,14,15)/t5-,7-,8-,11-/m1/s1. The highest BCUT2D eigenvalue weighted by Gasteiger charge is 2.44. The van der Waals surface area contributed by atoms with E-state index in [0.717, 1.165) is 4.68 Å². The molecular formula is C11H12N6O4. The van der Waals surface area contributed by atoms with E-state index in [1.165, 1.54) is 6.33 Å². The van der Waals surface area contributed by atoms with Gasteiger partial charge in [0, 0.05) is 0 Å². The van der Waals surface area contributed by atoms with Crippen LogP contribution in [0.4, 0.5) is 5.82 Å². The number of aromatic nitrogens is 4. The number of fused-ring (bicyclic) bond motifs is 1. The van der Waals surface area contributed by atoms with Gasteiger partial charge in [0.25, 0.3) is 0 Å². The van der Waals surface area contributed by atoms with E-state index in [9.17, 15) is 10.2 Å². The van der Waals surface area contributed by atoms with Crippen LogP contribution < -0.4 is 5.73 Å². The average molecular weight is 292 g/mol. The van der Waals surface area contributed by atoms with Crippen LogP contribution in [0.25, 0.3) is 11.0 Å². The van der Waals surface area contributed by atoms with Crippen molar-refractivity contribution in [2.45, 2.75) is 24.5 Å². The molecule has 10 heteroatoms.